The first-order chi connectivity index (χ1) is 16.0. The third kappa shape index (κ3) is 7.26. The first kappa shape index (κ1) is 26.1. The molecule has 0 radical (unpaired) electrons. The maximum absolute atomic E-state index is 13.1. The second kappa shape index (κ2) is 10.8. The Morgan fingerprint density at radius 1 is 0.941 bits per heavy atom. The third-order valence-electron chi connectivity index (χ3n) is 6.61. The second-order valence-electron chi connectivity index (χ2n) is 9.00. The van der Waals surface area contributed by atoms with Crippen LogP contribution in [0.1, 0.15) is 49.7 Å². The molecule has 1 saturated heterocycles. The van der Waals surface area contributed by atoms with Gasteiger partial charge in [-0.15, -0.1) is 0 Å². The highest BCUT2D eigenvalue weighted by atomic mass is 19.4. The van der Waals surface area contributed by atoms with Crippen molar-refractivity contribution < 1.29 is 31.1 Å². The molecule has 1 heterocycles. The van der Waals surface area contributed by atoms with Gasteiger partial charge in [-0.1, -0.05) is 0 Å². The molecule has 0 unspecified atom stereocenters. The zero-order valence-electron chi connectivity index (χ0n) is 18.7. The van der Waals surface area contributed by atoms with Crippen molar-refractivity contribution in [3.63, 3.8) is 0 Å². The smallest absolute Gasteiger partial charge is 0.369 e. The van der Waals surface area contributed by atoms with Gasteiger partial charge in [0, 0.05) is 37.9 Å². The number of carbonyl (C=O) groups excluding carboxylic acids is 1. The highest BCUT2D eigenvalue weighted by molar-refractivity contribution is 5.78. The van der Waals surface area contributed by atoms with Gasteiger partial charge in [0.1, 0.15) is 6.42 Å². The molecular weight excluding hydrogens is 462 g/mol. The Morgan fingerprint density at radius 3 is 2.00 bits per heavy atom. The van der Waals surface area contributed by atoms with Gasteiger partial charge in [-0.25, -0.2) is 0 Å². The minimum absolute atomic E-state index is 0.0569. The second-order valence-corrected chi connectivity index (χ2v) is 9.00. The van der Waals surface area contributed by atoms with Crippen molar-refractivity contribution in [3.8, 4) is 6.07 Å². The van der Waals surface area contributed by atoms with Gasteiger partial charge in [0.25, 0.3) is 0 Å². The number of halogens is 6. The molecule has 2 fully saturated rings. The summed E-state index contributed by atoms with van der Waals surface area (Å²) in [4.78, 5) is 15.3. The van der Waals surface area contributed by atoms with Crippen LogP contribution in [0.4, 0.5) is 32.0 Å². The Hall–Kier alpha value is -2.48. The maximum Gasteiger partial charge on any atom is 0.416 e. The number of carbonyl (C=O) groups is 1. The van der Waals surface area contributed by atoms with Gasteiger partial charge in [0.15, 0.2) is 0 Å². The summed E-state index contributed by atoms with van der Waals surface area (Å²) in [6.45, 7) is 2.67. The fourth-order valence-electron chi connectivity index (χ4n) is 4.66. The predicted octanol–water partition coefficient (Wildman–Crippen LogP) is 4.82. The Labute approximate surface area is 194 Å². The molecule has 1 aliphatic carbocycles. The highest BCUT2D eigenvalue weighted by Gasteiger charge is 2.37. The summed E-state index contributed by atoms with van der Waals surface area (Å²) in [5.41, 5.74) is -2.64. The van der Waals surface area contributed by atoms with Crippen LogP contribution in [0.5, 0.6) is 0 Å². The van der Waals surface area contributed by atoms with Crippen LogP contribution in [0, 0.1) is 17.2 Å². The standard InChI is InChI=1S/C23H28F6N4O/c24-22(25,26)17-13-18(23(27,28)29)15-20(14-17)33-11-9-32(10-12-33)8-6-16-1-3-19(4-2-16)31-21(34)5-7-30/h13-16,19H,1-6,8-12H2,(H,31,34)/t16-,19-. The molecule has 5 nitrogen and oxygen atoms in total. The van der Waals surface area contributed by atoms with Crippen LogP contribution < -0.4 is 10.2 Å². The summed E-state index contributed by atoms with van der Waals surface area (Å²) in [6.07, 6.45) is -5.20. The first-order valence-electron chi connectivity index (χ1n) is 11.4. The Morgan fingerprint density at radius 2 is 1.50 bits per heavy atom. The predicted molar refractivity (Wildman–Crippen MR) is 114 cm³/mol. The van der Waals surface area contributed by atoms with Crippen molar-refractivity contribution in [2.24, 2.45) is 5.92 Å². The average Bonchev–Trinajstić information content (AvgIpc) is 2.78. The van der Waals surface area contributed by atoms with Gasteiger partial charge >= 0.3 is 12.4 Å². The third-order valence-corrected chi connectivity index (χ3v) is 6.61. The SMILES string of the molecule is N#CCC(=O)N[C@H]1CC[C@H](CCN2CCN(c3cc(C(F)(F)F)cc(C(F)(F)F)c3)CC2)CC1. The van der Waals surface area contributed by atoms with Crippen LogP contribution in [0.15, 0.2) is 18.2 Å². The number of hydrogen-bond acceptors (Lipinski definition) is 4. The minimum Gasteiger partial charge on any atom is -0.369 e. The largest absolute Gasteiger partial charge is 0.416 e. The number of nitrogens with zero attached hydrogens (tertiary/aromatic N) is 3. The zero-order valence-corrected chi connectivity index (χ0v) is 18.7. The van der Waals surface area contributed by atoms with Gasteiger partial charge in [0.05, 0.1) is 17.2 Å². The fourth-order valence-corrected chi connectivity index (χ4v) is 4.66. The van der Waals surface area contributed by atoms with Gasteiger partial charge in [-0.3, -0.25) is 9.69 Å². The summed E-state index contributed by atoms with van der Waals surface area (Å²) in [5.74, 6) is 0.270. The summed E-state index contributed by atoms with van der Waals surface area (Å²) in [6, 6.07) is 3.68. The summed E-state index contributed by atoms with van der Waals surface area (Å²) in [7, 11) is 0. The van der Waals surface area contributed by atoms with E-state index in [2.05, 4.69) is 10.2 Å². The highest BCUT2D eigenvalue weighted by Crippen LogP contribution is 2.38. The van der Waals surface area contributed by atoms with E-state index in [1.807, 2.05) is 6.07 Å². The molecule has 1 aliphatic heterocycles. The van der Waals surface area contributed by atoms with Crippen molar-refractivity contribution in [2.75, 3.05) is 37.6 Å². The lowest BCUT2D eigenvalue weighted by Crippen LogP contribution is -2.47. The van der Waals surface area contributed by atoms with E-state index in [0.29, 0.717) is 32.1 Å². The van der Waals surface area contributed by atoms with Gasteiger partial charge in [-0.2, -0.15) is 31.6 Å². The van der Waals surface area contributed by atoms with Gasteiger partial charge in [0.2, 0.25) is 5.91 Å². The number of hydrogen-bond donors (Lipinski definition) is 1. The number of amides is 1. The van der Waals surface area contributed by atoms with E-state index in [0.717, 1.165) is 50.8 Å². The molecule has 0 aromatic heterocycles. The van der Waals surface area contributed by atoms with Crippen molar-refractivity contribution in [1.82, 2.24) is 10.2 Å². The van der Waals surface area contributed by atoms with Crippen molar-refractivity contribution in [1.29, 1.82) is 5.26 Å². The van der Waals surface area contributed by atoms with E-state index in [1.54, 1.807) is 4.90 Å². The van der Waals surface area contributed by atoms with E-state index >= 15 is 0 Å². The first-order valence-corrected chi connectivity index (χ1v) is 11.4. The van der Waals surface area contributed by atoms with E-state index in [9.17, 15) is 31.1 Å². The average molecular weight is 490 g/mol. The molecule has 1 N–H and O–H groups in total. The van der Waals surface area contributed by atoms with E-state index in [4.69, 9.17) is 5.26 Å². The van der Waals surface area contributed by atoms with Crippen LogP contribution in [0.25, 0.3) is 0 Å². The Balaban J connectivity index is 1.48. The molecule has 0 spiro atoms. The normalized spacial score (nSPS) is 22.3. The van der Waals surface area contributed by atoms with E-state index in [-0.39, 0.29) is 30.1 Å². The number of alkyl halides is 6. The summed E-state index contributed by atoms with van der Waals surface area (Å²) >= 11 is 0. The lowest BCUT2D eigenvalue weighted by molar-refractivity contribution is -0.143. The van der Waals surface area contributed by atoms with Crippen LogP contribution in [-0.4, -0.2) is 49.6 Å². The van der Waals surface area contributed by atoms with Crippen LogP contribution in [0.3, 0.4) is 0 Å². The molecule has 0 bridgehead atoms. The van der Waals surface area contributed by atoms with Crippen LogP contribution in [0.2, 0.25) is 0 Å². The molecule has 11 heteroatoms. The molecule has 2 aliphatic rings. The Bertz CT molecular complexity index is 847. The molecule has 1 aromatic carbocycles. The number of anilines is 1. The number of piperazine rings is 1. The van der Waals surface area contributed by atoms with Crippen LogP contribution >= 0.6 is 0 Å². The molecule has 34 heavy (non-hydrogen) atoms. The fraction of sp³-hybridized carbons (Fsp3) is 0.652. The van der Waals surface area contributed by atoms with Gasteiger partial charge in [-0.05, 0) is 62.8 Å². The quantitative estimate of drug-likeness (QED) is 0.581. The van der Waals surface area contributed by atoms with Crippen molar-refractivity contribution in [3.05, 3.63) is 29.3 Å². The monoisotopic (exact) mass is 490 g/mol. The zero-order chi connectivity index (χ0) is 24.9. The maximum atomic E-state index is 13.1. The molecule has 1 aromatic rings. The summed E-state index contributed by atoms with van der Waals surface area (Å²) < 4.78 is 78.8. The van der Waals surface area contributed by atoms with Gasteiger partial charge < -0.3 is 10.2 Å². The molecule has 188 valence electrons. The lowest BCUT2D eigenvalue weighted by Gasteiger charge is -2.37. The van der Waals surface area contributed by atoms with E-state index in [1.165, 1.54) is 0 Å². The lowest BCUT2D eigenvalue weighted by atomic mass is 9.84. The molecule has 0 atom stereocenters. The minimum atomic E-state index is -4.85. The molecule has 3 rings (SSSR count). The Kier molecular flexibility index (Phi) is 8.34. The van der Waals surface area contributed by atoms with E-state index < -0.39 is 23.5 Å². The number of benzene rings is 1. The molecular formula is C23H28F6N4O. The molecule has 1 saturated carbocycles. The van der Waals surface area contributed by atoms with Crippen LogP contribution in [-0.2, 0) is 17.1 Å². The number of nitrogens with one attached hydrogen (secondary N) is 1. The summed E-state index contributed by atoms with van der Waals surface area (Å²) in [5, 5.41) is 11.4. The van der Waals surface area contributed by atoms with Crippen molar-refractivity contribution in [2.45, 2.75) is 56.9 Å². The number of rotatable bonds is 6. The molecule has 1 amide bonds. The number of nitriles is 1. The van der Waals surface area contributed by atoms with Crippen molar-refractivity contribution >= 4 is 11.6 Å². The topological polar surface area (TPSA) is 59.4 Å².